The van der Waals surface area contributed by atoms with Crippen molar-refractivity contribution in [1.29, 1.82) is 5.26 Å². The number of anilines is 1. The molecule has 11 heteroatoms. The molecular formula is C28H25N3O7S. The number of rotatable bonds is 6. The number of carbonyl (C=O) groups is 4. The molecule has 1 aromatic heterocycles. The third-order valence-electron chi connectivity index (χ3n) is 7.11. The van der Waals surface area contributed by atoms with Crippen molar-refractivity contribution in [2.75, 3.05) is 25.5 Å². The predicted molar refractivity (Wildman–Crippen MR) is 142 cm³/mol. The molecule has 39 heavy (non-hydrogen) atoms. The van der Waals surface area contributed by atoms with Crippen molar-refractivity contribution in [3.05, 3.63) is 53.1 Å². The fourth-order valence-electron chi connectivity index (χ4n) is 5.08. The van der Waals surface area contributed by atoms with Crippen molar-refractivity contribution in [2.24, 2.45) is 0 Å². The number of Topliss-reactive ketones (excluding diaryl/α,β-unsaturated/α-hetero) is 1. The van der Waals surface area contributed by atoms with E-state index in [4.69, 9.17) is 19.8 Å². The lowest BCUT2D eigenvalue weighted by molar-refractivity contribution is -0.138. The molecule has 3 heterocycles. The Bertz CT molecular complexity index is 1550. The molecule has 0 saturated carbocycles. The Kier molecular flexibility index (Phi) is 6.97. The number of aliphatic carboxylic acids is 1. The Morgan fingerprint density at radius 3 is 2.67 bits per heavy atom. The second-order valence-corrected chi connectivity index (χ2v) is 10.6. The molecule has 2 N–H and O–H groups in total. The number of piperidine rings is 1. The van der Waals surface area contributed by atoms with Gasteiger partial charge in [-0.2, -0.15) is 5.26 Å². The van der Waals surface area contributed by atoms with Crippen LogP contribution in [0.25, 0.3) is 10.1 Å². The van der Waals surface area contributed by atoms with Gasteiger partial charge < -0.3 is 24.8 Å². The van der Waals surface area contributed by atoms with Gasteiger partial charge in [-0.1, -0.05) is 12.1 Å². The van der Waals surface area contributed by atoms with Gasteiger partial charge in [-0.25, -0.2) is 0 Å². The van der Waals surface area contributed by atoms with Crippen LogP contribution in [-0.2, 0) is 9.59 Å². The number of carboxylic acids is 1. The van der Waals surface area contributed by atoms with Crippen molar-refractivity contribution in [2.45, 2.75) is 37.7 Å². The third kappa shape index (κ3) is 5.03. The second-order valence-electron chi connectivity index (χ2n) is 9.59. The lowest BCUT2D eigenvalue weighted by Crippen LogP contribution is -2.52. The number of carbonyl (C=O) groups excluding carboxylic acids is 3. The van der Waals surface area contributed by atoms with E-state index in [2.05, 4.69) is 5.32 Å². The van der Waals surface area contributed by atoms with Crippen molar-refractivity contribution in [3.63, 3.8) is 0 Å². The lowest BCUT2D eigenvalue weighted by Gasteiger charge is -2.44. The van der Waals surface area contributed by atoms with Gasteiger partial charge in [-0.15, -0.1) is 11.3 Å². The first kappa shape index (κ1) is 26.2. The quantitative estimate of drug-likeness (QED) is 0.466. The number of fused-ring (bicyclic) bond motifs is 2. The van der Waals surface area contributed by atoms with Crippen LogP contribution in [0.5, 0.6) is 11.5 Å². The van der Waals surface area contributed by atoms with Crippen LogP contribution >= 0.6 is 11.3 Å². The third-order valence-corrected chi connectivity index (χ3v) is 8.25. The van der Waals surface area contributed by atoms with Gasteiger partial charge in [0.2, 0.25) is 5.91 Å². The number of ketones is 1. The molecule has 1 saturated heterocycles. The Morgan fingerprint density at radius 2 is 1.97 bits per heavy atom. The summed E-state index contributed by atoms with van der Waals surface area (Å²) < 4.78 is 12.4. The molecule has 2 aliphatic heterocycles. The minimum absolute atomic E-state index is 0.0876. The molecule has 2 aromatic carbocycles. The fraction of sp³-hybridized carbons (Fsp3) is 0.321. The summed E-state index contributed by atoms with van der Waals surface area (Å²) in [5.41, 5.74) is 0.388. The number of methoxy groups -OCH3 is 1. The Balaban J connectivity index is 1.38. The molecule has 200 valence electrons. The molecule has 0 atom stereocenters. The minimum Gasteiger partial charge on any atom is -0.495 e. The predicted octanol–water partition coefficient (Wildman–Crippen LogP) is 4.23. The van der Waals surface area contributed by atoms with Crippen LogP contribution in [0.4, 0.5) is 5.00 Å². The summed E-state index contributed by atoms with van der Waals surface area (Å²) in [6.45, 7) is 0.677. The van der Waals surface area contributed by atoms with Gasteiger partial charge in [0, 0.05) is 37.7 Å². The fourth-order valence-corrected chi connectivity index (χ4v) is 6.28. The standard InChI is InChI=1S/C28H25N3O7S/c1-37-21-4-2-3-17-24(26(39-25(17)21)30-22(33)7-8-23(34)35)27(36)31-11-9-28(10-12-31)14-19(32)18-13-16(15-29)5-6-20(18)38-28/h2-6,13H,7-12,14H2,1H3,(H,30,33)(H,34,35). The number of thiophene rings is 1. The number of amides is 2. The van der Waals surface area contributed by atoms with Crippen LogP contribution in [0.2, 0.25) is 0 Å². The van der Waals surface area contributed by atoms with Gasteiger partial charge >= 0.3 is 5.97 Å². The van der Waals surface area contributed by atoms with Gasteiger partial charge in [0.15, 0.2) is 5.78 Å². The zero-order valence-electron chi connectivity index (χ0n) is 21.1. The van der Waals surface area contributed by atoms with E-state index in [9.17, 15) is 19.2 Å². The van der Waals surface area contributed by atoms with Crippen molar-refractivity contribution in [1.82, 2.24) is 4.90 Å². The SMILES string of the molecule is COc1cccc2c(C(=O)N3CCC4(CC3)CC(=O)c3cc(C#N)ccc3O4)c(NC(=O)CCC(=O)O)sc12. The molecule has 1 fully saturated rings. The molecule has 0 unspecified atom stereocenters. The van der Waals surface area contributed by atoms with Crippen LogP contribution in [0.3, 0.4) is 0 Å². The first-order valence-electron chi connectivity index (χ1n) is 12.4. The van der Waals surface area contributed by atoms with E-state index in [-0.39, 0.29) is 31.0 Å². The monoisotopic (exact) mass is 547 g/mol. The van der Waals surface area contributed by atoms with E-state index in [0.717, 1.165) is 0 Å². The zero-order valence-corrected chi connectivity index (χ0v) is 21.9. The van der Waals surface area contributed by atoms with E-state index >= 15 is 0 Å². The van der Waals surface area contributed by atoms with E-state index in [0.29, 0.717) is 69.2 Å². The number of ether oxygens (including phenoxy) is 2. The maximum absolute atomic E-state index is 13.9. The highest BCUT2D eigenvalue weighted by Gasteiger charge is 2.44. The van der Waals surface area contributed by atoms with Crippen LogP contribution in [0.15, 0.2) is 36.4 Å². The number of hydrogen-bond acceptors (Lipinski definition) is 8. The normalized spacial score (nSPS) is 15.8. The summed E-state index contributed by atoms with van der Waals surface area (Å²) in [6, 6.07) is 12.2. The smallest absolute Gasteiger partial charge is 0.303 e. The number of hydrogen-bond donors (Lipinski definition) is 2. The van der Waals surface area contributed by atoms with Crippen LogP contribution in [0.1, 0.15) is 58.4 Å². The average Bonchev–Trinajstić information content (AvgIpc) is 3.29. The minimum atomic E-state index is -1.08. The van der Waals surface area contributed by atoms with Crippen LogP contribution < -0.4 is 14.8 Å². The number of nitriles is 1. The van der Waals surface area contributed by atoms with E-state index in [1.165, 1.54) is 18.4 Å². The average molecular weight is 548 g/mol. The summed E-state index contributed by atoms with van der Waals surface area (Å²) in [6.07, 6.45) is 0.506. The maximum Gasteiger partial charge on any atom is 0.303 e. The number of nitrogens with one attached hydrogen (secondary N) is 1. The van der Waals surface area contributed by atoms with E-state index in [1.807, 2.05) is 6.07 Å². The van der Waals surface area contributed by atoms with Gasteiger partial charge in [-0.05, 0) is 24.3 Å². The molecule has 3 aromatic rings. The Morgan fingerprint density at radius 1 is 1.21 bits per heavy atom. The van der Waals surface area contributed by atoms with Crippen molar-refractivity contribution < 1.29 is 33.8 Å². The highest BCUT2D eigenvalue weighted by atomic mass is 32.1. The molecule has 0 aliphatic carbocycles. The Hall–Kier alpha value is -4.43. The number of likely N-dealkylation sites (tertiary alicyclic amines) is 1. The van der Waals surface area contributed by atoms with Crippen molar-refractivity contribution >= 4 is 50.0 Å². The Labute approximate surface area is 227 Å². The molecule has 10 nitrogen and oxygen atoms in total. The lowest BCUT2D eigenvalue weighted by atomic mass is 9.82. The number of benzene rings is 2. The summed E-state index contributed by atoms with van der Waals surface area (Å²) in [5.74, 6) is -0.940. The van der Waals surface area contributed by atoms with E-state index < -0.39 is 17.5 Å². The molecule has 5 rings (SSSR count). The summed E-state index contributed by atoms with van der Waals surface area (Å²) in [7, 11) is 1.52. The van der Waals surface area contributed by atoms with Crippen LogP contribution in [-0.4, -0.2) is 59.4 Å². The maximum atomic E-state index is 13.9. The van der Waals surface area contributed by atoms with Gasteiger partial charge in [0.05, 0.1) is 47.4 Å². The molecule has 2 amide bonds. The highest BCUT2D eigenvalue weighted by molar-refractivity contribution is 7.23. The van der Waals surface area contributed by atoms with Crippen molar-refractivity contribution in [3.8, 4) is 17.6 Å². The molecule has 0 bridgehead atoms. The summed E-state index contributed by atoms with van der Waals surface area (Å²) in [4.78, 5) is 51.9. The van der Waals surface area contributed by atoms with E-state index in [1.54, 1.807) is 41.3 Å². The number of carboxylic acid groups (broad SMARTS) is 1. The molecule has 2 aliphatic rings. The summed E-state index contributed by atoms with van der Waals surface area (Å²) >= 11 is 1.20. The second kappa shape index (κ2) is 10.4. The van der Waals surface area contributed by atoms with Gasteiger partial charge in [-0.3, -0.25) is 19.2 Å². The summed E-state index contributed by atoms with van der Waals surface area (Å²) in [5, 5.41) is 21.8. The molecule has 1 spiro atoms. The zero-order chi connectivity index (χ0) is 27.7. The largest absolute Gasteiger partial charge is 0.495 e. The highest BCUT2D eigenvalue weighted by Crippen LogP contribution is 2.43. The first-order chi connectivity index (χ1) is 18.7. The number of nitrogens with zero attached hydrogens (tertiary/aromatic N) is 2. The molecular weight excluding hydrogens is 522 g/mol. The van der Waals surface area contributed by atoms with Gasteiger partial charge in [0.25, 0.3) is 5.91 Å². The topological polar surface area (TPSA) is 146 Å². The first-order valence-corrected chi connectivity index (χ1v) is 13.2. The molecule has 0 radical (unpaired) electrons. The van der Waals surface area contributed by atoms with Gasteiger partial charge in [0.1, 0.15) is 22.1 Å². The van der Waals surface area contributed by atoms with Crippen LogP contribution in [0, 0.1) is 11.3 Å².